The normalized spacial score (nSPS) is 10.5. The van der Waals surface area contributed by atoms with E-state index in [1.165, 1.54) is 19.3 Å². The number of rotatable bonds is 5. The lowest BCUT2D eigenvalue weighted by Crippen LogP contribution is -2.28. The van der Waals surface area contributed by atoms with Crippen molar-refractivity contribution in [1.29, 1.82) is 0 Å². The summed E-state index contributed by atoms with van der Waals surface area (Å²) in [6.07, 6.45) is 7.75. The molecule has 0 aromatic carbocycles. The molecule has 3 nitrogen and oxygen atoms in total. The molecule has 0 fully saturated rings. The molecule has 68 valence electrons. The zero-order chi connectivity index (χ0) is 8.81. The summed E-state index contributed by atoms with van der Waals surface area (Å²) in [5, 5.41) is 4.24. The predicted octanol–water partition coefficient (Wildman–Crippen LogP) is 1.38. The third-order valence-corrected chi connectivity index (χ3v) is 1.99. The van der Waals surface area contributed by atoms with Crippen LogP contribution in [0.2, 0.25) is 0 Å². The molecule has 1 heterocycles. The maximum Gasteiger partial charge on any atom is 0.265 e. The van der Waals surface area contributed by atoms with Crippen LogP contribution in [0.3, 0.4) is 0 Å². The zero-order valence-electron chi connectivity index (χ0n) is 8.03. The van der Waals surface area contributed by atoms with Gasteiger partial charge in [0.15, 0.2) is 0 Å². The van der Waals surface area contributed by atoms with E-state index in [1.807, 2.05) is 11.0 Å². The Bertz CT molecular complexity index is 217. The molecule has 0 N–H and O–H groups in total. The first-order valence-corrected chi connectivity index (χ1v) is 4.78. The summed E-state index contributed by atoms with van der Waals surface area (Å²) in [7, 11) is 0. The highest BCUT2D eigenvalue weighted by atomic mass is 15.3. The smallest absolute Gasteiger partial charge is 0.237 e. The molecule has 0 unspecified atom stereocenters. The van der Waals surface area contributed by atoms with Crippen molar-refractivity contribution in [3.63, 3.8) is 0 Å². The van der Waals surface area contributed by atoms with E-state index >= 15 is 0 Å². The van der Waals surface area contributed by atoms with Gasteiger partial charge in [-0.1, -0.05) is 19.8 Å². The summed E-state index contributed by atoms with van der Waals surface area (Å²) >= 11 is 0. The van der Waals surface area contributed by atoms with Crippen LogP contribution in [0.15, 0.2) is 12.7 Å². The second kappa shape index (κ2) is 4.91. The molecule has 0 amide bonds. The minimum Gasteiger partial charge on any atom is -0.237 e. The second-order valence-electron chi connectivity index (χ2n) is 3.05. The molecule has 0 spiro atoms. The third-order valence-electron chi connectivity index (χ3n) is 1.99. The van der Waals surface area contributed by atoms with Gasteiger partial charge >= 0.3 is 0 Å². The molecular weight excluding hydrogens is 150 g/mol. The van der Waals surface area contributed by atoms with Crippen LogP contribution in [0, 0.1) is 0 Å². The lowest BCUT2D eigenvalue weighted by atomic mass is 10.2. The van der Waals surface area contributed by atoms with Crippen LogP contribution in [-0.4, -0.2) is 9.78 Å². The molecule has 0 radical (unpaired) electrons. The van der Waals surface area contributed by atoms with Crippen molar-refractivity contribution in [2.75, 3.05) is 0 Å². The molecule has 0 saturated heterocycles. The molecule has 0 bridgehead atoms. The van der Waals surface area contributed by atoms with Crippen LogP contribution in [0.1, 0.15) is 33.1 Å². The van der Waals surface area contributed by atoms with Crippen molar-refractivity contribution in [2.45, 2.75) is 46.2 Å². The minimum absolute atomic E-state index is 1.01. The molecule has 0 aliphatic heterocycles. The summed E-state index contributed by atoms with van der Waals surface area (Å²) in [6.45, 7) is 6.40. The van der Waals surface area contributed by atoms with Gasteiger partial charge in [0.05, 0.1) is 6.54 Å². The lowest BCUT2D eigenvalue weighted by molar-refractivity contribution is -0.694. The summed E-state index contributed by atoms with van der Waals surface area (Å²) in [5.41, 5.74) is 0. The maximum atomic E-state index is 4.24. The molecule has 3 heteroatoms. The molecule has 12 heavy (non-hydrogen) atoms. The predicted molar refractivity (Wildman–Crippen MR) is 47.6 cm³/mol. The van der Waals surface area contributed by atoms with E-state index in [1.54, 1.807) is 0 Å². The minimum atomic E-state index is 1.01. The standard InChI is InChI=1S/C9H18N3/c1-3-5-6-7-12-9-11(4-2)8-10-12/h8-9H,3-7H2,1-2H3/q+1. The summed E-state index contributed by atoms with van der Waals surface area (Å²) in [6, 6.07) is 0. The SMILES string of the molecule is CCCCCn1c[n+](CC)cn1. The van der Waals surface area contributed by atoms with Crippen molar-refractivity contribution >= 4 is 0 Å². The fourth-order valence-electron chi connectivity index (χ4n) is 1.17. The molecule has 1 rings (SSSR count). The van der Waals surface area contributed by atoms with E-state index in [-0.39, 0.29) is 0 Å². The van der Waals surface area contributed by atoms with E-state index in [0.29, 0.717) is 0 Å². The lowest BCUT2D eigenvalue weighted by Gasteiger charge is -1.91. The highest BCUT2D eigenvalue weighted by Gasteiger charge is 2.01. The number of aromatic nitrogens is 3. The first-order chi connectivity index (χ1) is 5.86. The quantitative estimate of drug-likeness (QED) is 0.481. The second-order valence-corrected chi connectivity index (χ2v) is 3.05. The molecule has 0 aliphatic rings. The molecule has 0 saturated carbocycles. The van der Waals surface area contributed by atoms with E-state index in [4.69, 9.17) is 0 Å². The van der Waals surface area contributed by atoms with Gasteiger partial charge in [0.25, 0.3) is 6.33 Å². The summed E-state index contributed by atoms with van der Waals surface area (Å²) in [5.74, 6) is 0. The Balaban J connectivity index is 2.31. The molecule has 0 atom stereocenters. The van der Waals surface area contributed by atoms with Gasteiger partial charge in [0.2, 0.25) is 6.33 Å². The van der Waals surface area contributed by atoms with Gasteiger partial charge in [-0.2, -0.15) is 0 Å². The summed E-state index contributed by atoms with van der Waals surface area (Å²) < 4.78 is 4.10. The number of hydrogen-bond acceptors (Lipinski definition) is 1. The van der Waals surface area contributed by atoms with Crippen LogP contribution in [0.5, 0.6) is 0 Å². The number of unbranched alkanes of at least 4 members (excludes halogenated alkanes) is 2. The average molecular weight is 168 g/mol. The van der Waals surface area contributed by atoms with Gasteiger partial charge in [-0.25, -0.2) is 4.57 Å². The Hall–Kier alpha value is -0.860. The van der Waals surface area contributed by atoms with Crippen LogP contribution < -0.4 is 4.57 Å². The number of aryl methyl sites for hydroxylation is 2. The van der Waals surface area contributed by atoms with E-state index in [0.717, 1.165) is 13.1 Å². The van der Waals surface area contributed by atoms with Crippen LogP contribution >= 0.6 is 0 Å². The molecule has 0 aliphatic carbocycles. The molecule has 1 aromatic heterocycles. The summed E-state index contributed by atoms with van der Waals surface area (Å²) in [4.78, 5) is 0. The van der Waals surface area contributed by atoms with Crippen molar-refractivity contribution in [3.8, 4) is 0 Å². The van der Waals surface area contributed by atoms with E-state index in [9.17, 15) is 0 Å². The highest BCUT2D eigenvalue weighted by Crippen LogP contribution is 1.95. The van der Waals surface area contributed by atoms with Gasteiger partial charge in [-0.05, 0) is 13.3 Å². The Morgan fingerprint density at radius 3 is 2.75 bits per heavy atom. The van der Waals surface area contributed by atoms with E-state index < -0.39 is 0 Å². The largest absolute Gasteiger partial charge is 0.265 e. The van der Waals surface area contributed by atoms with Crippen molar-refractivity contribution in [3.05, 3.63) is 12.7 Å². The topological polar surface area (TPSA) is 21.7 Å². The van der Waals surface area contributed by atoms with Gasteiger partial charge in [0, 0.05) is 5.10 Å². The number of hydrogen-bond donors (Lipinski definition) is 0. The van der Waals surface area contributed by atoms with Gasteiger partial charge in [-0.3, -0.25) is 0 Å². The Kier molecular flexibility index (Phi) is 3.77. The van der Waals surface area contributed by atoms with Gasteiger partial charge < -0.3 is 0 Å². The Morgan fingerprint density at radius 2 is 2.17 bits per heavy atom. The highest BCUT2D eigenvalue weighted by molar-refractivity contribution is 4.46. The maximum absolute atomic E-state index is 4.24. The van der Waals surface area contributed by atoms with Gasteiger partial charge in [0.1, 0.15) is 6.54 Å². The molecular formula is C9H18N3+. The van der Waals surface area contributed by atoms with Crippen molar-refractivity contribution in [1.82, 2.24) is 9.78 Å². The van der Waals surface area contributed by atoms with Crippen LogP contribution in [0.25, 0.3) is 0 Å². The number of nitrogens with zero attached hydrogens (tertiary/aromatic N) is 3. The average Bonchev–Trinajstić information content (AvgIpc) is 2.53. The van der Waals surface area contributed by atoms with Crippen LogP contribution in [0.4, 0.5) is 0 Å². The Labute approximate surface area is 74.0 Å². The van der Waals surface area contributed by atoms with E-state index in [2.05, 4.69) is 29.8 Å². The fourth-order valence-corrected chi connectivity index (χ4v) is 1.17. The van der Waals surface area contributed by atoms with Crippen LogP contribution in [-0.2, 0) is 13.1 Å². The first-order valence-electron chi connectivity index (χ1n) is 4.78. The Morgan fingerprint density at radius 1 is 1.33 bits per heavy atom. The molecule has 1 aromatic rings. The van der Waals surface area contributed by atoms with Crippen molar-refractivity contribution in [2.24, 2.45) is 0 Å². The van der Waals surface area contributed by atoms with Crippen molar-refractivity contribution < 1.29 is 4.57 Å². The third kappa shape index (κ3) is 2.64. The fraction of sp³-hybridized carbons (Fsp3) is 0.778. The first kappa shape index (κ1) is 9.23. The monoisotopic (exact) mass is 168 g/mol. The zero-order valence-corrected chi connectivity index (χ0v) is 8.03. The van der Waals surface area contributed by atoms with Gasteiger partial charge in [-0.15, -0.1) is 4.68 Å².